The number of aromatic hydroxyl groups is 2. The maximum atomic E-state index is 14.2. The molecule has 0 bridgehead atoms. The summed E-state index contributed by atoms with van der Waals surface area (Å²) in [6.45, 7) is 3.53. The maximum Gasteiger partial charge on any atom is 0.303 e. The second kappa shape index (κ2) is 15.3. The number of aliphatic hydroxyl groups excluding tert-OH is 7. The average Bonchev–Trinajstić information content (AvgIpc) is 3.10. The Balaban J connectivity index is 1.38. The first-order valence-corrected chi connectivity index (χ1v) is 16.5. The van der Waals surface area contributed by atoms with Crippen LogP contribution in [0.3, 0.4) is 0 Å². The molecule has 3 aromatic rings. The van der Waals surface area contributed by atoms with Crippen LogP contribution in [-0.2, 0) is 28.5 Å². The van der Waals surface area contributed by atoms with Crippen molar-refractivity contribution in [1.29, 1.82) is 0 Å². The van der Waals surface area contributed by atoms with Crippen LogP contribution < -0.4 is 14.9 Å². The van der Waals surface area contributed by atoms with Crippen molar-refractivity contribution in [3.63, 3.8) is 0 Å². The minimum absolute atomic E-state index is 0.138. The van der Waals surface area contributed by atoms with Crippen LogP contribution in [0, 0.1) is 0 Å². The molecule has 3 saturated heterocycles. The van der Waals surface area contributed by atoms with E-state index in [4.69, 9.17) is 37.6 Å². The van der Waals surface area contributed by atoms with Gasteiger partial charge in [-0.3, -0.25) is 9.59 Å². The van der Waals surface area contributed by atoms with Crippen LogP contribution >= 0.6 is 0 Å². The summed E-state index contributed by atoms with van der Waals surface area (Å²) in [5.41, 5.74) is -1.08. The largest absolute Gasteiger partial charge is 0.508 e. The molecule has 53 heavy (non-hydrogen) atoms. The van der Waals surface area contributed by atoms with Crippen molar-refractivity contribution in [3.05, 3.63) is 46.6 Å². The standard InChI is InChI=1S/C34H40O19/c1-11-21(39)24(42)26(44)33(47-11)50-16-8-17(37)20-19(9-16)51-29(14-4-6-15(36)7-5-14)30(23(20)41)53-34-27(45)31(28(12(2)48-34)49-13(3)35)52-32-25(43)22(40)18(38)10-46-32/h4-9,11-12,18,21-22,24-28,31-34,36-40,42-45H,10H2,1-3H3. The second-order valence-electron chi connectivity index (χ2n) is 13.0. The molecule has 4 heterocycles. The van der Waals surface area contributed by atoms with Gasteiger partial charge < -0.3 is 83.5 Å². The zero-order valence-electron chi connectivity index (χ0n) is 28.4. The fourth-order valence-electron chi connectivity index (χ4n) is 6.25. The van der Waals surface area contributed by atoms with Crippen molar-refractivity contribution in [3.8, 4) is 34.3 Å². The van der Waals surface area contributed by atoms with Crippen molar-refractivity contribution >= 4 is 16.9 Å². The SMILES string of the molecule is CC(=O)OC1C(C)OC(Oc2c(-c3ccc(O)cc3)oc3cc(OC4OC(C)C(O)C(O)C4O)cc(O)c3c2=O)C(O)C1OC1OCC(O)C(O)C1O. The molecule has 3 aliphatic rings. The van der Waals surface area contributed by atoms with E-state index in [9.17, 15) is 55.5 Å². The van der Waals surface area contributed by atoms with E-state index in [1.54, 1.807) is 0 Å². The third-order valence-corrected chi connectivity index (χ3v) is 9.13. The third-order valence-electron chi connectivity index (χ3n) is 9.13. The van der Waals surface area contributed by atoms with Gasteiger partial charge in [0.15, 0.2) is 18.2 Å². The summed E-state index contributed by atoms with van der Waals surface area (Å²) in [7, 11) is 0. The van der Waals surface area contributed by atoms with E-state index in [2.05, 4.69) is 0 Å². The van der Waals surface area contributed by atoms with Gasteiger partial charge in [-0.1, -0.05) is 0 Å². The van der Waals surface area contributed by atoms with Crippen molar-refractivity contribution in [1.82, 2.24) is 0 Å². The van der Waals surface area contributed by atoms with E-state index in [1.807, 2.05) is 0 Å². The molecule has 6 rings (SSSR count). The fourth-order valence-corrected chi connectivity index (χ4v) is 6.25. The monoisotopic (exact) mass is 752 g/mol. The molecule has 2 aromatic carbocycles. The van der Waals surface area contributed by atoms with Crippen molar-refractivity contribution in [2.24, 2.45) is 0 Å². The predicted octanol–water partition coefficient (Wildman–Crippen LogP) is -1.68. The Kier molecular flexibility index (Phi) is 11.2. The van der Waals surface area contributed by atoms with Gasteiger partial charge in [0.25, 0.3) is 0 Å². The maximum absolute atomic E-state index is 14.2. The molecule has 0 radical (unpaired) electrons. The number of phenolic OH excluding ortho intramolecular Hbond substituents is 2. The Morgan fingerprint density at radius 2 is 1.40 bits per heavy atom. The Hall–Kier alpha value is -4.12. The van der Waals surface area contributed by atoms with Crippen molar-refractivity contribution < 1.29 is 88.3 Å². The number of carbonyl (C=O) groups is 1. The van der Waals surface area contributed by atoms with Crippen molar-refractivity contribution in [2.75, 3.05) is 6.61 Å². The number of hydrogen-bond donors (Lipinski definition) is 9. The molecule has 3 fully saturated rings. The summed E-state index contributed by atoms with van der Waals surface area (Å²) in [6.07, 6.45) is -21.4. The number of phenols is 2. The van der Waals surface area contributed by atoms with Gasteiger partial charge in [0.1, 0.15) is 77.0 Å². The molecule has 3 aliphatic heterocycles. The summed E-state index contributed by atoms with van der Waals surface area (Å²) in [6, 6.07) is 7.50. The number of fused-ring (bicyclic) bond motifs is 1. The van der Waals surface area contributed by atoms with E-state index >= 15 is 0 Å². The molecule has 0 amide bonds. The molecule has 14 unspecified atom stereocenters. The van der Waals surface area contributed by atoms with E-state index < -0.39 is 121 Å². The first-order chi connectivity index (χ1) is 25.0. The molecule has 1 aromatic heterocycles. The number of ether oxygens (including phenoxy) is 7. The van der Waals surface area contributed by atoms with Gasteiger partial charge in [0.05, 0.1) is 18.8 Å². The quantitative estimate of drug-likeness (QED) is 0.116. The Morgan fingerprint density at radius 3 is 2.08 bits per heavy atom. The first kappa shape index (κ1) is 38.6. The average molecular weight is 753 g/mol. The third kappa shape index (κ3) is 7.64. The van der Waals surface area contributed by atoms with Gasteiger partial charge in [-0.15, -0.1) is 0 Å². The van der Waals surface area contributed by atoms with Gasteiger partial charge in [0.2, 0.25) is 23.8 Å². The van der Waals surface area contributed by atoms with E-state index in [0.29, 0.717) is 0 Å². The molecular weight excluding hydrogens is 712 g/mol. The fraction of sp³-hybridized carbons (Fsp3) is 0.529. The van der Waals surface area contributed by atoms with E-state index in [-0.39, 0.29) is 28.4 Å². The summed E-state index contributed by atoms with van der Waals surface area (Å²) in [4.78, 5) is 26.2. The molecular formula is C34H40O19. The van der Waals surface area contributed by atoms with Crippen LogP contribution in [0.15, 0.2) is 45.6 Å². The topological polar surface area (TPSA) is 294 Å². The highest BCUT2D eigenvalue weighted by molar-refractivity contribution is 5.88. The lowest BCUT2D eigenvalue weighted by Gasteiger charge is -2.45. The van der Waals surface area contributed by atoms with Gasteiger partial charge in [0, 0.05) is 24.6 Å². The molecule has 290 valence electrons. The van der Waals surface area contributed by atoms with Crippen LogP contribution in [-0.4, -0.2) is 145 Å². The number of carbonyl (C=O) groups excluding carboxylic acids is 1. The molecule has 0 spiro atoms. The predicted molar refractivity (Wildman–Crippen MR) is 173 cm³/mol. The highest BCUT2D eigenvalue weighted by Crippen LogP contribution is 2.39. The van der Waals surface area contributed by atoms with Gasteiger partial charge in [-0.2, -0.15) is 0 Å². The minimum atomic E-state index is -1.90. The van der Waals surface area contributed by atoms with Crippen LogP contribution in [0.2, 0.25) is 0 Å². The lowest BCUT2D eigenvalue weighted by molar-refractivity contribution is -0.336. The highest BCUT2D eigenvalue weighted by Gasteiger charge is 2.51. The van der Waals surface area contributed by atoms with Crippen LogP contribution in [0.5, 0.6) is 23.0 Å². The Bertz CT molecular complexity index is 1830. The van der Waals surface area contributed by atoms with Crippen LogP contribution in [0.25, 0.3) is 22.3 Å². The van der Waals surface area contributed by atoms with Gasteiger partial charge in [-0.05, 0) is 38.1 Å². The first-order valence-electron chi connectivity index (χ1n) is 16.5. The number of hydrogen-bond acceptors (Lipinski definition) is 19. The van der Waals surface area contributed by atoms with E-state index in [1.165, 1.54) is 44.2 Å². The summed E-state index contributed by atoms with van der Waals surface area (Å²) < 4.78 is 45.5. The van der Waals surface area contributed by atoms with Gasteiger partial charge >= 0.3 is 5.97 Å². The summed E-state index contributed by atoms with van der Waals surface area (Å²) >= 11 is 0. The lowest BCUT2D eigenvalue weighted by Crippen LogP contribution is -2.63. The Morgan fingerprint density at radius 1 is 0.755 bits per heavy atom. The minimum Gasteiger partial charge on any atom is -0.508 e. The summed E-state index contributed by atoms with van der Waals surface area (Å²) in [5, 5.41) is 93.3. The summed E-state index contributed by atoms with van der Waals surface area (Å²) in [5.74, 6) is -2.68. The lowest BCUT2D eigenvalue weighted by atomic mass is 9.98. The molecule has 0 saturated carbocycles. The Labute approximate surface area is 299 Å². The number of rotatable bonds is 8. The highest BCUT2D eigenvalue weighted by atomic mass is 16.7. The van der Waals surface area contributed by atoms with Crippen LogP contribution in [0.1, 0.15) is 20.8 Å². The van der Waals surface area contributed by atoms with Crippen LogP contribution in [0.4, 0.5) is 0 Å². The number of aliphatic hydroxyl groups is 7. The zero-order chi connectivity index (χ0) is 38.5. The van der Waals surface area contributed by atoms with E-state index in [0.717, 1.165) is 13.0 Å². The zero-order valence-corrected chi connectivity index (χ0v) is 28.4. The second-order valence-corrected chi connectivity index (χ2v) is 13.0. The molecule has 14 atom stereocenters. The number of esters is 1. The smallest absolute Gasteiger partial charge is 0.303 e. The molecule has 9 N–H and O–H groups in total. The van der Waals surface area contributed by atoms with Gasteiger partial charge in [-0.25, -0.2) is 0 Å². The van der Waals surface area contributed by atoms with Crippen molar-refractivity contribution in [2.45, 2.75) is 107 Å². The normalized spacial score (nSPS) is 36.2. The molecule has 0 aliphatic carbocycles. The molecule has 19 heteroatoms. The number of benzene rings is 2. The molecule has 19 nitrogen and oxygen atoms in total.